The Morgan fingerprint density at radius 2 is 2.08 bits per heavy atom. The molecular weight excluding hydrogens is 336 g/mol. The van der Waals surface area contributed by atoms with Crippen molar-refractivity contribution in [2.24, 2.45) is 0 Å². The number of anilines is 1. The Morgan fingerprint density at radius 1 is 1.24 bits per heavy atom. The molecule has 1 N–H and O–H groups in total. The van der Waals surface area contributed by atoms with Gasteiger partial charge in [-0.25, -0.2) is 0 Å². The molecule has 0 unspecified atom stereocenters. The van der Waals surface area contributed by atoms with Gasteiger partial charge in [-0.1, -0.05) is 29.8 Å². The van der Waals surface area contributed by atoms with E-state index < -0.39 is 5.91 Å². The van der Waals surface area contributed by atoms with Crippen molar-refractivity contribution >= 4 is 34.1 Å². The second kappa shape index (κ2) is 6.05. The van der Waals surface area contributed by atoms with Crippen molar-refractivity contribution < 1.29 is 4.79 Å². The van der Waals surface area contributed by atoms with E-state index in [-0.39, 0.29) is 11.0 Å². The van der Waals surface area contributed by atoms with Crippen molar-refractivity contribution in [3.8, 4) is 0 Å². The van der Waals surface area contributed by atoms with Crippen LogP contribution in [-0.4, -0.2) is 10.5 Å². The monoisotopic (exact) mass is 352 g/mol. The summed E-state index contributed by atoms with van der Waals surface area (Å²) in [6, 6.07) is 11.0. The molecule has 0 aliphatic carbocycles. The van der Waals surface area contributed by atoms with Crippen LogP contribution in [0.1, 0.15) is 27.9 Å². The topological polar surface area (TPSA) is 51.1 Å². The first-order valence-corrected chi connectivity index (χ1v) is 8.65. The first kappa shape index (κ1) is 15.9. The molecule has 3 aromatic rings. The van der Waals surface area contributed by atoms with E-state index in [2.05, 4.69) is 5.32 Å². The van der Waals surface area contributed by atoms with Gasteiger partial charge in [-0.05, 0) is 49.1 Å². The van der Waals surface area contributed by atoms with Crippen LogP contribution >= 0.6 is 11.6 Å². The van der Waals surface area contributed by atoms with Gasteiger partial charge in [-0.3, -0.25) is 9.59 Å². The Morgan fingerprint density at radius 3 is 2.88 bits per heavy atom. The van der Waals surface area contributed by atoms with Crippen LogP contribution in [0.2, 0.25) is 5.02 Å². The fraction of sp³-hybridized carbons (Fsp3) is 0.200. The Kier molecular flexibility index (Phi) is 3.85. The van der Waals surface area contributed by atoms with E-state index in [4.69, 9.17) is 11.6 Å². The number of carbonyl (C=O) groups is 1. The van der Waals surface area contributed by atoms with Gasteiger partial charge in [0.2, 0.25) is 5.43 Å². The molecule has 5 heteroatoms. The molecule has 0 fully saturated rings. The van der Waals surface area contributed by atoms with Crippen LogP contribution in [0.4, 0.5) is 5.69 Å². The number of carbonyl (C=O) groups excluding carboxylic acids is 1. The number of nitrogens with one attached hydrogen (secondary N) is 1. The lowest BCUT2D eigenvalue weighted by atomic mass is 9.99. The molecular formula is C20H17ClN2O2. The minimum atomic E-state index is -0.411. The molecule has 0 saturated carbocycles. The van der Waals surface area contributed by atoms with Crippen LogP contribution in [0.15, 0.2) is 47.4 Å². The molecule has 1 amide bonds. The van der Waals surface area contributed by atoms with Gasteiger partial charge in [-0.2, -0.15) is 0 Å². The third-order valence-electron chi connectivity index (χ3n) is 4.70. The van der Waals surface area contributed by atoms with Gasteiger partial charge in [0.25, 0.3) is 5.91 Å². The second-order valence-electron chi connectivity index (χ2n) is 6.40. The minimum Gasteiger partial charge on any atom is -0.346 e. The van der Waals surface area contributed by atoms with Crippen LogP contribution in [0, 0.1) is 6.92 Å². The standard InChI is InChI=1S/C20H17ClN2O2/c1-12-7-8-14(10-17(12)21)22-20(25)16-11-23-9-3-5-13-4-2-6-15(18(13)23)19(16)24/h2,4,6-8,10-11H,3,5,9H2,1H3,(H,22,25). The summed E-state index contributed by atoms with van der Waals surface area (Å²) in [4.78, 5) is 25.5. The van der Waals surface area contributed by atoms with Gasteiger partial charge in [0.15, 0.2) is 0 Å². The van der Waals surface area contributed by atoms with E-state index in [1.54, 1.807) is 24.4 Å². The number of aromatic nitrogens is 1. The predicted molar refractivity (Wildman–Crippen MR) is 101 cm³/mol. The van der Waals surface area contributed by atoms with Gasteiger partial charge >= 0.3 is 0 Å². The zero-order valence-corrected chi connectivity index (χ0v) is 14.6. The minimum absolute atomic E-state index is 0.156. The number of pyridine rings is 1. The molecule has 0 saturated heterocycles. The highest BCUT2D eigenvalue weighted by Gasteiger charge is 2.19. The number of amides is 1. The third-order valence-corrected chi connectivity index (χ3v) is 5.11. The largest absolute Gasteiger partial charge is 0.346 e. The Balaban J connectivity index is 1.79. The highest BCUT2D eigenvalue weighted by molar-refractivity contribution is 6.31. The van der Waals surface area contributed by atoms with E-state index in [0.29, 0.717) is 16.1 Å². The van der Waals surface area contributed by atoms with Crippen molar-refractivity contribution in [1.82, 2.24) is 4.57 Å². The predicted octanol–water partition coefficient (Wildman–Crippen LogP) is 4.16. The number of halogens is 1. The first-order chi connectivity index (χ1) is 12.0. The zero-order chi connectivity index (χ0) is 17.6. The molecule has 0 spiro atoms. The average Bonchev–Trinajstić information content (AvgIpc) is 2.61. The summed E-state index contributed by atoms with van der Waals surface area (Å²) < 4.78 is 2.02. The summed E-state index contributed by atoms with van der Waals surface area (Å²) in [5.74, 6) is -0.411. The van der Waals surface area contributed by atoms with E-state index in [1.807, 2.05) is 29.7 Å². The van der Waals surface area contributed by atoms with Crippen LogP contribution < -0.4 is 10.7 Å². The highest BCUT2D eigenvalue weighted by Crippen LogP contribution is 2.24. The van der Waals surface area contributed by atoms with Crippen molar-refractivity contribution in [2.45, 2.75) is 26.3 Å². The smallest absolute Gasteiger partial charge is 0.261 e. The van der Waals surface area contributed by atoms with Gasteiger partial charge in [0.05, 0.1) is 5.52 Å². The van der Waals surface area contributed by atoms with Crippen molar-refractivity contribution in [1.29, 1.82) is 0 Å². The van der Waals surface area contributed by atoms with Gasteiger partial charge in [-0.15, -0.1) is 0 Å². The first-order valence-electron chi connectivity index (χ1n) is 8.27. The van der Waals surface area contributed by atoms with Crippen molar-refractivity contribution in [3.63, 3.8) is 0 Å². The Bertz CT molecular complexity index is 1070. The molecule has 2 heterocycles. The molecule has 25 heavy (non-hydrogen) atoms. The summed E-state index contributed by atoms with van der Waals surface area (Å²) in [5, 5.41) is 3.96. The summed E-state index contributed by atoms with van der Waals surface area (Å²) in [5.41, 5.74) is 3.55. The number of para-hydroxylation sites is 1. The summed E-state index contributed by atoms with van der Waals surface area (Å²) >= 11 is 6.11. The molecule has 4 rings (SSSR count). The molecule has 126 valence electrons. The van der Waals surface area contributed by atoms with Crippen molar-refractivity contribution in [3.05, 3.63) is 74.5 Å². The fourth-order valence-electron chi connectivity index (χ4n) is 3.39. The summed E-state index contributed by atoms with van der Waals surface area (Å²) in [7, 11) is 0. The number of benzene rings is 2. The van der Waals surface area contributed by atoms with Crippen LogP contribution in [-0.2, 0) is 13.0 Å². The van der Waals surface area contributed by atoms with Crippen molar-refractivity contribution in [2.75, 3.05) is 5.32 Å². The van der Waals surface area contributed by atoms with Gasteiger partial charge < -0.3 is 9.88 Å². The number of hydrogen-bond acceptors (Lipinski definition) is 2. The second-order valence-corrected chi connectivity index (χ2v) is 6.81. The maximum Gasteiger partial charge on any atom is 0.261 e. The van der Waals surface area contributed by atoms with Crippen LogP contribution in [0.3, 0.4) is 0 Å². The number of hydrogen-bond donors (Lipinski definition) is 1. The maximum absolute atomic E-state index is 12.8. The quantitative estimate of drug-likeness (QED) is 0.752. The Labute approximate surface area is 150 Å². The molecule has 0 atom stereocenters. The van der Waals surface area contributed by atoms with E-state index in [0.717, 1.165) is 36.0 Å². The summed E-state index contributed by atoms with van der Waals surface area (Å²) in [6.07, 6.45) is 3.65. The fourth-order valence-corrected chi connectivity index (χ4v) is 3.57. The molecule has 0 bridgehead atoms. The van der Waals surface area contributed by atoms with Gasteiger partial charge in [0, 0.05) is 28.8 Å². The molecule has 2 aromatic carbocycles. The SMILES string of the molecule is Cc1ccc(NC(=O)c2cn3c4c(cccc4c2=O)CCC3)cc1Cl. The average molecular weight is 353 g/mol. The van der Waals surface area contributed by atoms with Crippen LogP contribution in [0.25, 0.3) is 10.9 Å². The normalized spacial score (nSPS) is 13.0. The molecule has 0 radical (unpaired) electrons. The molecule has 4 nitrogen and oxygen atoms in total. The molecule has 1 aromatic heterocycles. The lowest BCUT2D eigenvalue weighted by Crippen LogP contribution is -2.25. The number of aryl methyl sites for hydroxylation is 3. The lowest BCUT2D eigenvalue weighted by Gasteiger charge is -2.20. The molecule has 1 aliphatic heterocycles. The zero-order valence-electron chi connectivity index (χ0n) is 13.8. The van der Waals surface area contributed by atoms with Crippen LogP contribution in [0.5, 0.6) is 0 Å². The van der Waals surface area contributed by atoms with E-state index in [9.17, 15) is 9.59 Å². The molecule has 1 aliphatic rings. The number of nitrogens with zero attached hydrogens (tertiary/aromatic N) is 1. The summed E-state index contributed by atoms with van der Waals surface area (Å²) in [6.45, 7) is 2.70. The third kappa shape index (κ3) is 2.72. The Hall–Kier alpha value is -2.59. The lowest BCUT2D eigenvalue weighted by molar-refractivity contribution is 0.102. The number of rotatable bonds is 2. The van der Waals surface area contributed by atoms with E-state index in [1.165, 1.54) is 0 Å². The van der Waals surface area contributed by atoms with Gasteiger partial charge in [0.1, 0.15) is 5.56 Å². The maximum atomic E-state index is 12.8. The highest BCUT2D eigenvalue weighted by atomic mass is 35.5. The van der Waals surface area contributed by atoms with E-state index >= 15 is 0 Å².